The van der Waals surface area contributed by atoms with Crippen molar-refractivity contribution in [3.63, 3.8) is 0 Å². The highest BCUT2D eigenvalue weighted by molar-refractivity contribution is 6.29. The molecule has 18 heavy (non-hydrogen) atoms. The van der Waals surface area contributed by atoms with Gasteiger partial charge in [-0.25, -0.2) is 4.98 Å². The molecule has 100 valence electrons. The Balaban J connectivity index is 2.77. The summed E-state index contributed by atoms with van der Waals surface area (Å²) in [5, 5.41) is 2.79. The number of hydrogen-bond acceptors (Lipinski definition) is 5. The first-order chi connectivity index (χ1) is 8.60. The van der Waals surface area contributed by atoms with E-state index in [9.17, 15) is 4.79 Å². The van der Waals surface area contributed by atoms with Crippen molar-refractivity contribution in [2.75, 3.05) is 19.0 Å². The van der Waals surface area contributed by atoms with Gasteiger partial charge in [0.25, 0.3) is 0 Å². The smallest absolute Gasteiger partial charge is 0.234 e. The molecule has 1 aromatic rings. The molecule has 0 spiro atoms. The van der Waals surface area contributed by atoms with Crippen LogP contribution in [0.5, 0.6) is 5.88 Å². The molecule has 1 aromatic heterocycles. The molecule has 7 heteroatoms. The van der Waals surface area contributed by atoms with Gasteiger partial charge in [0.1, 0.15) is 5.15 Å². The molecular formula is C11H17ClN4O2. The second kappa shape index (κ2) is 7.13. The van der Waals surface area contributed by atoms with Gasteiger partial charge >= 0.3 is 0 Å². The van der Waals surface area contributed by atoms with Crippen LogP contribution in [0, 0.1) is 5.92 Å². The first kappa shape index (κ1) is 14.7. The summed E-state index contributed by atoms with van der Waals surface area (Å²) in [5.74, 6) is -0.0313. The maximum Gasteiger partial charge on any atom is 0.234 e. The summed E-state index contributed by atoms with van der Waals surface area (Å²) < 4.78 is 4.94. The summed E-state index contributed by atoms with van der Waals surface area (Å²) in [5.41, 5.74) is 5.55. The van der Waals surface area contributed by atoms with Crippen LogP contribution in [0.25, 0.3) is 0 Å². The fourth-order valence-corrected chi connectivity index (χ4v) is 1.65. The van der Waals surface area contributed by atoms with Gasteiger partial charge in [-0.2, -0.15) is 4.98 Å². The Kier molecular flexibility index (Phi) is 5.80. The molecule has 1 amide bonds. The number of amides is 1. The minimum absolute atomic E-state index is 0.124. The molecule has 0 saturated carbocycles. The molecule has 1 atom stereocenters. The number of halogens is 1. The Morgan fingerprint density at radius 2 is 2.33 bits per heavy atom. The normalized spacial score (nSPS) is 12.0. The van der Waals surface area contributed by atoms with Crippen molar-refractivity contribution in [3.05, 3.63) is 11.2 Å². The van der Waals surface area contributed by atoms with E-state index in [1.165, 1.54) is 13.2 Å². The number of methoxy groups -OCH3 is 1. The largest absolute Gasteiger partial charge is 0.481 e. The molecule has 0 radical (unpaired) electrons. The fourth-order valence-electron chi connectivity index (χ4n) is 1.47. The monoisotopic (exact) mass is 272 g/mol. The van der Waals surface area contributed by atoms with Crippen LogP contribution in [0.4, 0.5) is 5.95 Å². The molecule has 3 N–H and O–H groups in total. The van der Waals surface area contributed by atoms with E-state index < -0.39 is 0 Å². The average Bonchev–Trinajstić information content (AvgIpc) is 2.34. The molecule has 0 aliphatic carbocycles. The third kappa shape index (κ3) is 4.12. The molecular weight excluding hydrogens is 256 g/mol. The van der Waals surface area contributed by atoms with Crippen LogP contribution in [0.15, 0.2) is 6.07 Å². The number of aromatic nitrogens is 2. The summed E-state index contributed by atoms with van der Waals surface area (Å²) in [4.78, 5) is 19.8. The van der Waals surface area contributed by atoms with Gasteiger partial charge in [0.15, 0.2) is 0 Å². The van der Waals surface area contributed by atoms with Crippen molar-refractivity contribution in [1.82, 2.24) is 9.97 Å². The molecule has 6 nitrogen and oxygen atoms in total. The first-order valence-electron chi connectivity index (χ1n) is 5.70. The lowest BCUT2D eigenvalue weighted by atomic mass is 10.0. The number of carbonyl (C=O) groups excluding carboxylic acids is 1. The molecule has 0 aromatic carbocycles. The van der Waals surface area contributed by atoms with E-state index in [2.05, 4.69) is 15.3 Å². The summed E-state index contributed by atoms with van der Waals surface area (Å²) in [6.45, 7) is 2.28. The van der Waals surface area contributed by atoms with Crippen LogP contribution in [-0.2, 0) is 4.79 Å². The lowest BCUT2D eigenvalue weighted by molar-refractivity contribution is -0.119. The van der Waals surface area contributed by atoms with E-state index in [1.54, 1.807) is 0 Å². The molecule has 0 bridgehead atoms. The van der Waals surface area contributed by atoms with Gasteiger partial charge in [0, 0.05) is 12.6 Å². The SMILES string of the molecule is CCCC(CN)C(=O)Nc1nc(Cl)cc(OC)n1. The van der Waals surface area contributed by atoms with Crippen LogP contribution in [0.1, 0.15) is 19.8 Å². The molecule has 1 unspecified atom stereocenters. The Bertz CT molecular complexity index is 414. The fraction of sp³-hybridized carbons (Fsp3) is 0.545. The zero-order valence-electron chi connectivity index (χ0n) is 10.4. The predicted molar refractivity (Wildman–Crippen MR) is 69.7 cm³/mol. The van der Waals surface area contributed by atoms with Crippen molar-refractivity contribution < 1.29 is 9.53 Å². The van der Waals surface area contributed by atoms with Crippen LogP contribution in [0.2, 0.25) is 5.15 Å². The van der Waals surface area contributed by atoms with Crippen molar-refractivity contribution in [3.8, 4) is 5.88 Å². The Morgan fingerprint density at radius 3 is 2.89 bits per heavy atom. The van der Waals surface area contributed by atoms with Crippen LogP contribution in [0.3, 0.4) is 0 Å². The lowest BCUT2D eigenvalue weighted by Gasteiger charge is -2.13. The van der Waals surface area contributed by atoms with Gasteiger partial charge in [-0.15, -0.1) is 0 Å². The Morgan fingerprint density at radius 1 is 1.61 bits per heavy atom. The minimum atomic E-state index is -0.247. The van der Waals surface area contributed by atoms with Gasteiger partial charge < -0.3 is 10.5 Å². The summed E-state index contributed by atoms with van der Waals surface area (Å²) in [6.07, 6.45) is 1.61. The maximum atomic E-state index is 11.9. The zero-order valence-corrected chi connectivity index (χ0v) is 11.2. The Labute approximate surface area is 111 Å². The quantitative estimate of drug-likeness (QED) is 0.765. The van der Waals surface area contributed by atoms with Gasteiger partial charge in [-0.05, 0) is 6.42 Å². The van der Waals surface area contributed by atoms with Gasteiger partial charge in [-0.1, -0.05) is 24.9 Å². The number of nitrogens with two attached hydrogens (primary N) is 1. The first-order valence-corrected chi connectivity index (χ1v) is 6.08. The number of ether oxygens (including phenoxy) is 1. The molecule has 0 aliphatic rings. The van der Waals surface area contributed by atoms with Crippen molar-refractivity contribution in [2.45, 2.75) is 19.8 Å². The molecule has 0 fully saturated rings. The van der Waals surface area contributed by atoms with Gasteiger partial charge in [-0.3, -0.25) is 10.1 Å². The van der Waals surface area contributed by atoms with E-state index in [4.69, 9.17) is 22.1 Å². The number of rotatable bonds is 6. The summed E-state index contributed by atoms with van der Waals surface area (Å²) >= 11 is 5.78. The highest BCUT2D eigenvalue weighted by Crippen LogP contribution is 2.16. The van der Waals surface area contributed by atoms with Crippen LogP contribution < -0.4 is 15.8 Å². The van der Waals surface area contributed by atoms with E-state index in [-0.39, 0.29) is 29.5 Å². The number of anilines is 1. The molecule has 1 rings (SSSR count). The Hall–Kier alpha value is -1.40. The second-order valence-corrected chi connectivity index (χ2v) is 4.15. The predicted octanol–water partition coefficient (Wildman–Crippen LogP) is 1.45. The van der Waals surface area contributed by atoms with Gasteiger partial charge in [0.2, 0.25) is 17.7 Å². The van der Waals surface area contributed by atoms with Crippen molar-refractivity contribution in [1.29, 1.82) is 0 Å². The summed E-state index contributed by atoms with van der Waals surface area (Å²) in [6, 6.07) is 1.46. The van der Waals surface area contributed by atoms with Gasteiger partial charge in [0.05, 0.1) is 13.0 Å². The third-order valence-electron chi connectivity index (χ3n) is 2.41. The average molecular weight is 273 g/mol. The summed E-state index contributed by atoms with van der Waals surface area (Å²) in [7, 11) is 1.46. The number of nitrogens with zero attached hydrogens (tertiary/aromatic N) is 2. The van der Waals surface area contributed by atoms with E-state index in [0.717, 1.165) is 12.8 Å². The number of nitrogens with one attached hydrogen (secondary N) is 1. The standard InChI is InChI=1S/C11H17ClN4O2/c1-3-4-7(6-13)10(17)16-11-14-8(12)5-9(15-11)18-2/h5,7H,3-4,6,13H2,1-2H3,(H,14,15,16,17). The highest BCUT2D eigenvalue weighted by atomic mass is 35.5. The lowest BCUT2D eigenvalue weighted by Crippen LogP contribution is -2.29. The van der Waals surface area contributed by atoms with Crippen LogP contribution in [-0.4, -0.2) is 29.5 Å². The number of carbonyl (C=O) groups is 1. The van der Waals surface area contributed by atoms with Crippen molar-refractivity contribution in [2.24, 2.45) is 11.7 Å². The third-order valence-corrected chi connectivity index (χ3v) is 2.60. The van der Waals surface area contributed by atoms with E-state index in [1.807, 2.05) is 6.92 Å². The molecule has 0 saturated heterocycles. The highest BCUT2D eigenvalue weighted by Gasteiger charge is 2.17. The molecule has 0 aliphatic heterocycles. The van der Waals surface area contributed by atoms with E-state index >= 15 is 0 Å². The zero-order chi connectivity index (χ0) is 13.5. The maximum absolute atomic E-state index is 11.9. The number of hydrogen-bond donors (Lipinski definition) is 2. The topological polar surface area (TPSA) is 90.1 Å². The van der Waals surface area contributed by atoms with Crippen LogP contribution >= 0.6 is 11.6 Å². The second-order valence-electron chi connectivity index (χ2n) is 3.77. The van der Waals surface area contributed by atoms with Crippen molar-refractivity contribution >= 4 is 23.5 Å². The molecule has 1 heterocycles. The van der Waals surface area contributed by atoms with E-state index in [0.29, 0.717) is 5.88 Å². The minimum Gasteiger partial charge on any atom is -0.481 e.